The minimum atomic E-state index is 0.144. The first-order chi connectivity index (χ1) is 12.2. The van der Waals surface area contributed by atoms with Crippen LogP contribution in [-0.2, 0) is 6.67 Å². The fourth-order valence-corrected chi connectivity index (χ4v) is 4.83. The van der Waals surface area contributed by atoms with Gasteiger partial charge in [-0.2, -0.15) is 0 Å². The second-order valence-corrected chi connectivity index (χ2v) is 8.20. The maximum atomic E-state index is 12.6. The largest absolute Gasteiger partial charge is 0.309 e. The maximum Gasteiger partial charge on any atom is 0.166 e. The van der Waals surface area contributed by atoms with E-state index in [-0.39, 0.29) is 11.7 Å². The van der Waals surface area contributed by atoms with Crippen molar-refractivity contribution in [2.24, 2.45) is 5.92 Å². The monoisotopic (exact) mass is 368 g/mol. The van der Waals surface area contributed by atoms with E-state index < -0.39 is 0 Å². The first-order valence-electron chi connectivity index (χ1n) is 8.62. The van der Waals surface area contributed by atoms with Gasteiger partial charge in [0, 0.05) is 24.6 Å². The molecule has 2 heterocycles. The van der Waals surface area contributed by atoms with Gasteiger partial charge in [0.1, 0.15) is 0 Å². The molecule has 0 bridgehead atoms. The van der Waals surface area contributed by atoms with Crippen molar-refractivity contribution in [3.63, 3.8) is 0 Å². The highest BCUT2D eigenvalue weighted by atomic mass is 32.1. The zero-order valence-electron chi connectivity index (χ0n) is 13.9. The molecule has 1 aliphatic rings. The normalized spacial score (nSPS) is 16.3. The molecule has 0 unspecified atom stereocenters. The Bertz CT molecular complexity index is 937. The number of para-hydroxylation sites is 1. The molecule has 1 saturated heterocycles. The van der Waals surface area contributed by atoms with E-state index in [1.165, 1.54) is 10.2 Å². The highest BCUT2D eigenvalue weighted by molar-refractivity contribution is 7.73. The van der Waals surface area contributed by atoms with Gasteiger partial charge in [-0.1, -0.05) is 42.5 Å². The number of hydrogen-bond acceptors (Lipinski definition) is 4. The summed E-state index contributed by atoms with van der Waals surface area (Å²) in [5.41, 5.74) is 2.05. The lowest BCUT2D eigenvalue weighted by Gasteiger charge is -2.31. The molecular weight excluding hydrogens is 348 g/mol. The van der Waals surface area contributed by atoms with Gasteiger partial charge in [0.2, 0.25) is 0 Å². The number of piperidine rings is 1. The summed E-state index contributed by atoms with van der Waals surface area (Å²) >= 11 is 7.22. The Labute approximate surface area is 156 Å². The molecule has 0 N–H and O–H groups in total. The van der Waals surface area contributed by atoms with E-state index >= 15 is 0 Å². The molecule has 0 amide bonds. The zero-order chi connectivity index (χ0) is 17.2. The summed E-state index contributed by atoms with van der Waals surface area (Å²) in [4.78, 5) is 15.0. The molecule has 0 aliphatic carbocycles. The zero-order valence-corrected chi connectivity index (χ0v) is 15.6. The Hall–Kier alpha value is -1.82. The summed E-state index contributed by atoms with van der Waals surface area (Å²) in [5.74, 6) is 0.434. The van der Waals surface area contributed by atoms with Crippen molar-refractivity contribution < 1.29 is 4.79 Å². The van der Waals surface area contributed by atoms with Gasteiger partial charge in [0.15, 0.2) is 9.74 Å². The van der Waals surface area contributed by atoms with Gasteiger partial charge in [-0.15, -0.1) is 11.3 Å². The van der Waals surface area contributed by atoms with Crippen molar-refractivity contribution in [1.82, 2.24) is 9.47 Å². The second kappa shape index (κ2) is 7.20. The fraction of sp³-hybridized carbons (Fsp3) is 0.300. The Morgan fingerprint density at radius 2 is 1.72 bits per heavy atom. The number of carbonyl (C=O) groups is 1. The van der Waals surface area contributed by atoms with E-state index in [1.54, 1.807) is 11.3 Å². The number of likely N-dealkylation sites (tertiary alicyclic amines) is 1. The summed E-state index contributed by atoms with van der Waals surface area (Å²) in [7, 11) is 0. The molecule has 1 aromatic heterocycles. The number of hydrogen-bond donors (Lipinski definition) is 0. The third-order valence-corrected chi connectivity index (χ3v) is 6.36. The lowest BCUT2D eigenvalue weighted by molar-refractivity contribution is 0.0813. The van der Waals surface area contributed by atoms with Gasteiger partial charge in [-0.3, -0.25) is 9.69 Å². The van der Waals surface area contributed by atoms with Crippen LogP contribution >= 0.6 is 23.6 Å². The molecule has 5 heteroatoms. The van der Waals surface area contributed by atoms with Crippen LogP contribution in [0.5, 0.6) is 0 Å². The predicted molar refractivity (Wildman–Crippen MR) is 106 cm³/mol. The quantitative estimate of drug-likeness (QED) is 0.479. The smallest absolute Gasteiger partial charge is 0.166 e. The van der Waals surface area contributed by atoms with E-state index in [1.807, 2.05) is 30.3 Å². The average Bonchev–Trinajstić information content (AvgIpc) is 2.98. The molecule has 1 fully saturated rings. The molecular formula is C20H20N2OS2. The minimum Gasteiger partial charge on any atom is -0.309 e. The molecule has 3 aromatic rings. The summed E-state index contributed by atoms with van der Waals surface area (Å²) in [6.07, 6.45) is 1.84. The van der Waals surface area contributed by atoms with Gasteiger partial charge in [0.05, 0.1) is 16.9 Å². The first-order valence-corrected chi connectivity index (χ1v) is 9.85. The second-order valence-electron chi connectivity index (χ2n) is 6.53. The van der Waals surface area contributed by atoms with Crippen LogP contribution in [0.25, 0.3) is 10.2 Å². The van der Waals surface area contributed by atoms with E-state index in [2.05, 4.69) is 33.7 Å². The lowest BCUT2D eigenvalue weighted by Crippen LogP contribution is -2.37. The summed E-state index contributed by atoms with van der Waals surface area (Å²) < 4.78 is 4.37. The number of nitrogens with zero attached hydrogens (tertiary/aromatic N) is 2. The van der Waals surface area contributed by atoms with Gasteiger partial charge in [0.25, 0.3) is 0 Å². The van der Waals surface area contributed by atoms with Crippen molar-refractivity contribution in [3.05, 3.63) is 64.1 Å². The Morgan fingerprint density at radius 1 is 1.04 bits per heavy atom. The van der Waals surface area contributed by atoms with Crippen LogP contribution in [0.2, 0.25) is 0 Å². The number of thiazole rings is 1. The van der Waals surface area contributed by atoms with Crippen molar-refractivity contribution in [1.29, 1.82) is 0 Å². The van der Waals surface area contributed by atoms with Crippen molar-refractivity contribution in [2.45, 2.75) is 19.5 Å². The van der Waals surface area contributed by atoms with Gasteiger partial charge in [-0.05, 0) is 37.2 Å². The SMILES string of the molecule is O=C(c1ccccc1)C1CCN(Cn2c(=S)sc3ccccc32)CC1. The average molecular weight is 369 g/mol. The van der Waals surface area contributed by atoms with E-state index in [4.69, 9.17) is 12.2 Å². The number of benzene rings is 2. The van der Waals surface area contributed by atoms with Crippen molar-refractivity contribution in [2.75, 3.05) is 13.1 Å². The maximum absolute atomic E-state index is 12.6. The summed E-state index contributed by atoms with van der Waals surface area (Å²) in [6, 6.07) is 18.0. The van der Waals surface area contributed by atoms with Gasteiger partial charge in [-0.25, -0.2) is 0 Å². The molecule has 128 valence electrons. The molecule has 25 heavy (non-hydrogen) atoms. The number of rotatable bonds is 4. The molecule has 0 saturated carbocycles. The van der Waals surface area contributed by atoms with Crippen LogP contribution in [0.15, 0.2) is 54.6 Å². The Kier molecular flexibility index (Phi) is 4.79. The standard InChI is InChI=1S/C20H20N2OS2/c23-19(15-6-2-1-3-7-15)16-10-12-21(13-11-16)14-22-17-8-4-5-9-18(17)25-20(22)24/h1-9,16H,10-14H2. The molecule has 2 aromatic carbocycles. The van der Waals surface area contributed by atoms with Crippen LogP contribution in [0.1, 0.15) is 23.2 Å². The van der Waals surface area contributed by atoms with Crippen LogP contribution in [0.3, 0.4) is 0 Å². The highest BCUT2D eigenvalue weighted by Gasteiger charge is 2.26. The number of fused-ring (bicyclic) bond motifs is 1. The fourth-order valence-electron chi connectivity index (χ4n) is 3.52. The third-order valence-electron chi connectivity index (χ3n) is 4.93. The number of Topliss-reactive ketones (excluding diaryl/α,β-unsaturated/α-hetero) is 1. The van der Waals surface area contributed by atoms with E-state index in [0.717, 1.165) is 42.1 Å². The summed E-state index contributed by atoms with van der Waals surface area (Å²) in [5, 5.41) is 0. The molecule has 0 spiro atoms. The number of aromatic nitrogens is 1. The first kappa shape index (κ1) is 16.6. The minimum absolute atomic E-state index is 0.144. The third kappa shape index (κ3) is 3.45. The Balaban J connectivity index is 1.43. The van der Waals surface area contributed by atoms with Gasteiger partial charge < -0.3 is 4.57 Å². The van der Waals surface area contributed by atoms with Crippen molar-refractivity contribution >= 4 is 39.6 Å². The van der Waals surface area contributed by atoms with E-state index in [9.17, 15) is 4.79 Å². The predicted octanol–water partition coefficient (Wildman–Crippen LogP) is 4.98. The Morgan fingerprint density at radius 3 is 2.48 bits per heavy atom. The van der Waals surface area contributed by atoms with E-state index in [0.29, 0.717) is 0 Å². The molecule has 3 nitrogen and oxygen atoms in total. The molecule has 1 aliphatic heterocycles. The van der Waals surface area contributed by atoms with Crippen molar-refractivity contribution in [3.8, 4) is 0 Å². The number of carbonyl (C=O) groups excluding carboxylic acids is 1. The summed E-state index contributed by atoms with van der Waals surface area (Å²) in [6.45, 7) is 2.69. The van der Waals surface area contributed by atoms with Crippen LogP contribution in [0, 0.1) is 9.87 Å². The van der Waals surface area contributed by atoms with Crippen LogP contribution < -0.4 is 0 Å². The molecule has 4 rings (SSSR count). The van der Waals surface area contributed by atoms with Crippen LogP contribution in [0.4, 0.5) is 0 Å². The molecule has 0 atom stereocenters. The molecule has 0 radical (unpaired) electrons. The number of ketones is 1. The van der Waals surface area contributed by atoms with Gasteiger partial charge >= 0.3 is 0 Å². The topological polar surface area (TPSA) is 25.2 Å². The highest BCUT2D eigenvalue weighted by Crippen LogP contribution is 2.26. The van der Waals surface area contributed by atoms with Crippen LogP contribution in [-0.4, -0.2) is 28.3 Å². The lowest BCUT2D eigenvalue weighted by atomic mass is 9.89.